The van der Waals surface area contributed by atoms with Crippen LogP contribution in [0.5, 0.6) is 5.75 Å². The maximum absolute atomic E-state index is 12.6. The highest BCUT2D eigenvalue weighted by Gasteiger charge is 2.13. The fourth-order valence-electron chi connectivity index (χ4n) is 1.19. The highest BCUT2D eigenvalue weighted by atomic mass is 19.3. The van der Waals surface area contributed by atoms with Crippen molar-refractivity contribution in [2.45, 2.75) is 6.43 Å². The van der Waals surface area contributed by atoms with E-state index in [0.29, 0.717) is 5.56 Å². The molecule has 5 heteroatoms. The fraction of sp³-hybridized carbons (Fsp3) is 0.182. The number of hydrogen-bond acceptors (Lipinski definition) is 2. The second-order valence-corrected chi connectivity index (χ2v) is 2.97. The molecule has 0 radical (unpaired) electrons. The summed E-state index contributed by atoms with van der Waals surface area (Å²) in [7, 11) is 1.30. The van der Waals surface area contributed by atoms with E-state index in [1.165, 1.54) is 31.4 Å². The molecule has 0 bridgehead atoms. The van der Waals surface area contributed by atoms with E-state index in [0.717, 1.165) is 6.08 Å². The fourth-order valence-corrected chi connectivity index (χ4v) is 1.19. The summed E-state index contributed by atoms with van der Waals surface area (Å²) in [5.74, 6) is -1.04. The predicted molar refractivity (Wildman–Crippen MR) is 54.6 cm³/mol. The molecule has 0 saturated heterocycles. The van der Waals surface area contributed by atoms with Crippen LogP contribution in [-0.2, 0) is 4.79 Å². The van der Waals surface area contributed by atoms with Gasteiger partial charge in [0, 0.05) is 6.08 Å². The van der Waals surface area contributed by atoms with Gasteiger partial charge in [-0.2, -0.15) is 0 Å². The third kappa shape index (κ3) is 3.05. The zero-order chi connectivity index (χ0) is 12.1. The Labute approximate surface area is 91.0 Å². The summed E-state index contributed by atoms with van der Waals surface area (Å²) in [6.45, 7) is 0. The smallest absolute Gasteiger partial charge is 0.328 e. The summed E-state index contributed by atoms with van der Waals surface area (Å²) in [5.41, 5.74) is 0.133. The van der Waals surface area contributed by atoms with Gasteiger partial charge in [-0.15, -0.1) is 0 Å². The van der Waals surface area contributed by atoms with Crippen molar-refractivity contribution in [2.24, 2.45) is 0 Å². The lowest BCUT2D eigenvalue weighted by Gasteiger charge is -2.08. The Morgan fingerprint density at radius 3 is 2.69 bits per heavy atom. The van der Waals surface area contributed by atoms with Gasteiger partial charge < -0.3 is 9.84 Å². The topological polar surface area (TPSA) is 46.5 Å². The summed E-state index contributed by atoms with van der Waals surface area (Å²) in [6, 6.07) is 4.08. The summed E-state index contributed by atoms with van der Waals surface area (Å²) in [4.78, 5) is 10.3. The van der Waals surface area contributed by atoms with Crippen molar-refractivity contribution in [3.63, 3.8) is 0 Å². The summed E-state index contributed by atoms with van der Waals surface area (Å²) < 4.78 is 29.9. The lowest BCUT2D eigenvalue weighted by Crippen LogP contribution is -1.93. The minimum Gasteiger partial charge on any atom is -0.496 e. The van der Waals surface area contributed by atoms with Gasteiger partial charge in [0.05, 0.1) is 12.7 Å². The Hall–Kier alpha value is -1.91. The minimum atomic E-state index is -2.66. The van der Waals surface area contributed by atoms with E-state index in [-0.39, 0.29) is 11.3 Å². The van der Waals surface area contributed by atoms with Crippen molar-refractivity contribution in [1.82, 2.24) is 0 Å². The first kappa shape index (κ1) is 12.2. The molecule has 86 valence electrons. The van der Waals surface area contributed by atoms with E-state index in [4.69, 9.17) is 9.84 Å². The molecule has 0 spiro atoms. The molecule has 0 heterocycles. The molecular formula is C11H10F2O3. The van der Waals surface area contributed by atoms with Crippen LogP contribution in [0.15, 0.2) is 24.3 Å². The van der Waals surface area contributed by atoms with Gasteiger partial charge in [0.1, 0.15) is 5.75 Å². The monoisotopic (exact) mass is 228 g/mol. The van der Waals surface area contributed by atoms with Crippen LogP contribution in [0, 0.1) is 0 Å². The Bertz CT molecular complexity index is 414. The van der Waals surface area contributed by atoms with Crippen molar-refractivity contribution in [2.75, 3.05) is 7.11 Å². The minimum absolute atomic E-state index is 0.0856. The van der Waals surface area contributed by atoms with Crippen molar-refractivity contribution >= 4 is 12.0 Å². The van der Waals surface area contributed by atoms with Gasteiger partial charge >= 0.3 is 5.97 Å². The van der Waals surface area contributed by atoms with Gasteiger partial charge in [-0.05, 0) is 23.8 Å². The summed E-state index contributed by atoms with van der Waals surface area (Å²) in [5, 5.41) is 8.39. The van der Waals surface area contributed by atoms with Crippen molar-refractivity contribution in [3.05, 3.63) is 35.4 Å². The van der Waals surface area contributed by atoms with E-state index in [1.807, 2.05) is 0 Å². The number of alkyl halides is 2. The SMILES string of the molecule is COc1ccc(C=CC(=O)O)cc1C(F)F. The van der Waals surface area contributed by atoms with E-state index in [9.17, 15) is 13.6 Å². The molecule has 0 aromatic heterocycles. The quantitative estimate of drug-likeness (QED) is 0.806. The first-order valence-corrected chi connectivity index (χ1v) is 4.41. The van der Waals surface area contributed by atoms with Crippen LogP contribution in [0.1, 0.15) is 17.6 Å². The van der Waals surface area contributed by atoms with Gasteiger partial charge in [0.2, 0.25) is 0 Å². The molecule has 1 rings (SSSR count). The Balaban J connectivity index is 3.07. The van der Waals surface area contributed by atoms with E-state index in [1.54, 1.807) is 0 Å². The molecule has 0 amide bonds. The second kappa shape index (κ2) is 5.25. The molecular weight excluding hydrogens is 218 g/mol. The maximum Gasteiger partial charge on any atom is 0.328 e. The highest BCUT2D eigenvalue weighted by molar-refractivity contribution is 5.85. The largest absolute Gasteiger partial charge is 0.496 e. The molecule has 1 aromatic rings. The van der Waals surface area contributed by atoms with Crippen molar-refractivity contribution in [1.29, 1.82) is 0 Å². The molecule has 0 aliphatic heterocycles. The molecule has 0 fully saturated rings. The summed E-state index contributed by atoms with van der Waals surface area (Å²) >= 11 is 0. The predicted octanol–water partition coefficient (Wildman–Crippen LogP) is 2.73. The molecule has 3 nitrogen and oxygen atoms in total. The third-order valence-corrected chi connectivity index (χ3v) is 1.91. The molecule has 1 N–H and O–H groups in total. The average molecular weight is 228 g/mol. The number of carboxylic acid groups (broad SMARTS) is 1. The number of methoxy groups -OCH3 is 1. The molecule has 16 heavy (non-hydrogen) atoms. The van der Waals surface area contributed by atoms with Crippen LogP contribution in [0.2, 0.25) is 0 Å². The van der Waals surface area contributed by atoms with Gasteiger partial charge in [-0.25, -0.2) is 13.6 Å². The van der Waals surface area contributed by atoms with Crippen LogP contribution >= 0.6 is 0 Å². The maximum atomic E-state index is 12.6. The van der Waals surface area contributed by atoms with Gasteiger partial charge in [0.25, 0.3) is 6.43 Å². The molecule has 1 aromatic carbocycles. The van der Waals surface area contributed by atoms with Crippen LogP contribution < -0.4 is 4.74 Å². The number of carbonyl (C=O) groups is 1. The number of halogens is 2. The van der Waals surface area contributed by atoms with Gasteiger partial charge in [-0.1, -0.05) is 6.07 Å². The first-order valence-electron chi connectivity index (χ1n) is 4.41. The standard InChI is InChI=1S/C11H10F2O3/c1-16-9-4-2-7(3-5-10(14)15)6-8(9)11(12)13/h2-6,11H,1H3,(H,14,15). The Kier molecular flexibility index (Phi) is 3.99. The molecule has 0 saturated carbocycles. The molecule has 0 unspecified atom stereocenters. The van der Waals surface area contributed by atoms with Crippen molar-refractivity contribution < 1.29 is 23.4 Å². The van der Waals surface area contributed by atoms with Gasteiger partial charge in [0.15, 0.2) is 0 Å². The number of hydrogen-bond donors (Lipinski definition) is 1. The van der Waals surface area contributed by atoms with Crippen molar-refractivity contribution in [3.8, 4) is 5.75 Å². The third-order valence-electron chi connectivity index (χ3n) is 1.91. The Morgan fingerprint density at radius 1 is 1.50 bits per heavy atom. The zero-order valence-electron chi connectivity index (χ0n) is 8.48. The first-order chi connectivity index (χ1) is 7.54. The van der Waals surface area contributed by atoms with Crippen LogP contribution in [0.3, 0.4) is 0 Å². The number of aliphatic carboxylic acids is 1. The number of rotatable bonds is 4. The lowest BCUT2D eigenvalue weighted by atomic mass is 10.1. The zero-order valence-corrected chi connectivity index (χ0v) is 8.48. The lowest BCUT2D eigenvalue weighted by molar-refractivity contribution is -0.131. The Morgan fingerprint density at radius 2 is 2.19 bits per heavy atom. The summed E-state index contributed by atoms with van der Waals surface area (Å²) in [6.07, 6.45) is -0.529. The normalized spacial score (nSPS) is 11.0. The second-order valence-electron chi connectivity index (χ2n) is 2.97. The van der Waals surface area contributed by atoms with Crippen LogP contribution in [0.4, 0.5) is 8.78 Å². The van der Waals surface area contributed by atoms with Gasteiger partial charge in [-0.3, -0.25) is 0 Å². The van der Waals surface area contributed by atoms with E-state index >= 15 is 0 Å². The molecule has 0 aliphatic rings. The van der Waals surface area contributed by atoms with E-state index < -0.39 is 12.4 Å². The molecule has 0 atom stereocenters. The van der Waals surface area contributed by atoms with Crippen LogP contribution in [-0.4, -0.2) is 18.2 Å². The highest BCUT2D eigenvalue weighted by Crippen LogP contribution is 2.29. The number of benzene rings is 1. The molecule has 0 aliphatic carbocycles. The number of ether oxygens (including phenoxy) is 1. The number of carboxylic acids is 1. The van der Waals surface area contributed by atoms with E-state index in [2.05, 4.69) is 0 Å². The average Bonchev–Trinajstić information content (AvgIpc) is 2.25. The van der Waals surface area contributed by atoms with Crippen LogP contribution in [0.25, 0.3) is 6.08 Å².